The number of halogens is 1. The lowest BCUT2D eigenvalue weighted by molar-refractivity contribution is 0.0939. The highest BCUT2D eigenvalue weighted by atomic mass is 35.5. The lowest BCUT2D eigenvalue weighted by Crippen LogP contribution is -2.26. The van der Waals surface area contributed by atoms with Crippen molar-refractivity contribution in [2.75, 3.05) is 6.61 Å². The molecule has 0 radical (unpaired) electrons. The zero-order chi connectivity index (χ0) is 16.8. The molecule has 3 N–H and O–H groups in total. The average Bonchev–Trinajstić information content (AvgIpc) is 3.02. The summed E-state index contributed by atoms with van der Waals surface area (Å²) < 4.78 is 10.8. The van der Waals surface area contributed by atoms with Gasteiger partial charge in [-0.3, -0.25) is 4.79 Å². The molecule has 0 saturated carbocycles. The minimum Gasteiger partial charge on any atom is -0.493 e. The molecule has 0 bridgehead atoms. The Morgan fingerprint density at radius 1 is 1.25 bits per heavy atom. The number of carbonyl (C=O) groups excluding carboxylic acids is 1. The van der Waals surface area contributed by atoms with Gasteiger partial charge in [-0.1, -0.05) is 26.0 Å². The lowest BCUT2D eigenvalue weighted by atomic mass is 10.1. The summed E-state index contributed by atoms with van der Waals surface area (Å²) in [5, 5.41) is 2.94. The second-order valence-electron chi connectivity index (χ2n) is 5.97. The van der Waals surface area contributed by atoms with Crippen molar-refractivity contribution in [3.63, 3.8) is 0 Å². The SMILES string of the molecule is CC(C)COc1ccc(C(C)NC(=O)c2coc(CN)c2)cc1.Cl. The molecule has 6 heteroatoms. The number of rotatable bonds is 7. The molecule has 1 heterocycles. The quantitative estimate of drug-likeness (QED) is 0.796. The van der Waals surface area contributed by atoms with E-state index in [2.05, 4.69) is 19.2 Å². The summed E-state index contributed by atoms with van der Waals surface area (Å²) in [6, 6.07) is 9.31. The zero-order valence-corrected chi connectivity index (χ0v) is 15.1. The van der Waals surface area contributed by atoms with Crippen LogP contribution < -0.4 is 15.8 Å². The summed E-state index contributed by atoms with van der Waals surface area (Å²) in [7, 11) is 0. The summed E-state index contributed by atoms with van der Waals surface area (Å²) in [5.74, 6) is 1.74. The molecule has 0 spiro atoms. The molecule has 0 aliphatic heterocycles. The number of amides is 1. The minimum atomic E-state index is -0.180. The van der Waals surface area contributed by atoms with Crippen molar-refractivity contribution in [1.82, 2.24) is 5.32 Å². The number of hydrogen-bond acceptors (Lipinski definition) is 4. The highest BCUT2D eigenvalue weighted by Gasteiger charge is 2.14. The van der Waals surface area contributed by atoms with Crippen molar-refractivity contribution in [2.45, 2.75) is 33.4 Å². The standard InChI is InChI=1S/C18H24N2O3.ClH/c1-12(2)10-22-16-6-4-14(5-7-16)13(3)20-18(21)15-8-17(9-19)23-11-15;/h4-8,11-13H,9-10,19H2,1-3H3,(H,20,21);1H. The van der Waals surface area contributed by atoms with Gasteiger partial charge >= 0.3 is 0 Å². The molecular formula is C18H25ClN2O3. The van der Waals surface area contributed by atoms with E-state index in [0.717, 1.165) is 11.3 Å². The Hall–Kier alpha value is -1.98. The number of ether oxygens (including phenoxy) is 1. The van der Waals surface area contributed by atoms with E-state index in [0.29, 0.717) is 23.8 Å². The Morgan fingerprint density at radius 3 is 2.46 bits per heavy atom. The molecule has 0 fully saturated rings. The molecule has 5 nitrogen and oxygen atoms in total. The molecule has 1 atom stereocenters. The molecule has 1 amide bonds. The number of carbonyl (C=O) groups is 1. The van der Waals surface area contributed by atoms with E-state index in [9.17, 15) is 4.79 Å². The molecule has 2 aromatic rings. The van der Waals surface area contributed by atoms with E-state index in [1.54, 1.807) is 6.07 Å². The number of nitrogens with two attached hydrogens (primary N) is 1. The van der Waals surface area contributed by atoms with Crippen LogP contribution in [0.2, 0.25) is 0 Å². The van der Waals surface area contributed by atoms with Gasteiger partial charge in [0.25, 0.3) is 5.91 Å². The summed E-state index contributed by atoms with van der Waals surface area (Å²) in [6.45, 7) is 7.12. The van der Waals surface area contributed by atoms with Crippen LogP contribution >= 0.6 is 12.4 Å². The molecular weight excluding hydrogens is 328 g/mol. The van der Waals surface area contributed by atoms with Gasteiger partial charge in [0.2, 0.25) is 0 Å². The summed E-state index contributed by atoms with van der Waals surface area (Å²) in [5.41, 5.74) is 6.97. The second kappa shape index (κ2) is 9.35. The van der Waals surface area contributed by atoms with Gasteiger partial charge < -0.3 is 20.2 Å². The largest absolute Gasteiger partial charge is 0.493 e. The van der Waals surface area contributed by atoms with Crippen molar-refractivity contribution in [2.24, 2.45) is 11.7 Å². The second-order valence-corrected chi connectivity index (χ2v) is 5.97. The van der Waals surface area contributed by atoms with Gasteiger partial charge in [0.1, 0.15) is 17.8 Å². The number of furan rings is 1. The average molecular weight is 353 g/mol. The van der Waals surface area contributed by atoms with Gasteiger partial charge in [-0.05, 0) is 36.6 Å². The molecule has 1 aromatic carbocycles. The third-order valence-corrected chi connectivity index (χ3v) is 3.43. The first kappa shape index (κ1) is 20.1. The summed E-state index contributed by atoms with van der Waals surface area (Å²) in [6.07, 6.45) is 1.42. The van der Waals surface area contributed by atoms with Crippen LogP contribution in [0.5, 0.6) is 5.75 Å². The van der Waals surface area contributed by atoms with Crippen molar-refractivity contribution >= 4 is 18.3 Å². The van der Waals surface area contributed by atoms with Gasteiger partial charge in [0.15, 0.2) is 0 Å². The maximum atomic E-state index is 12.2. The van der Waals surface area contributed by atoms with Crippen LogP contribution in [0.1, 0.15) is 48.5 Å². The maximum Gasteiger partial charge on any atom is 0.255 e. The Kier molecular flexibility index (Phi) is 7.82. The van der Waals surface area contributed by atoms with E-state index in [1.165, 1.54) is 6.26 Å². The Bertz CT molecular complexity index is 638. The van der Waals surface area contributed by atoms with Gasteiger partial charge in [-0.15, -0.1) is 12.4 Å². The molecule has 0 aliphatic carbocycles. The monoisotopic (exact) mass is 352 g/mol. The minimum absolute atomic E-state index is 0. The van der Waals surface area contributed by atoms with Crippen molar-refractivity contribution < 1.29 is 13.9 Å². The van der Waals surface area contributed by atoms with Gasteiger partial charge in [0.05, 0.1) is 24.8 Å². The van der Waals surface area contributed by atoms with E-state index in [1.807, 2.05) is 31.2 Å². The summed E-state index contributed by atoms with van der Waals surface area (Å²) in [4.78, 5) is 12.2. The third-order valence-electron chi connectivity index (χ3n) is 3.43. The normalized spacial score (nSPS) is 11.7. The topological polar surface area (TPSA) is 77.5 Å². The highest BCUT2D eigenvalue weighted by molar-refractivity contribution is 5.94. The first-order chi connectivity index (χ1) is 11.0. The first-order valence-corrected chi connectivity index (χ1v) is 7.80. The number of hydrogen-bond donors (Lipinski definition) is 2. The molecule has 0 aliphatic rings. The predicted octanol–water partition coefficient (Wildman–Crippen LogP) is 3.69. The Balaban J connectivity index is 0.00000288. The predicted molar refractivity (Wildman–Crippen MR) is 96.5 cm³/mol. The zero-order valence-electron chi connectivity index (χ0n) is 14.2. The van der Waals surface area contributed by atoms with E-state index in [4.69, 9.17) is 14.9 Å². The molecule has 0 saturated heterocycles. The van der Waals surface area contributed by atoms with Gasteiger partial charge in [-0.2, -0.15) is 0 Å². The molecule has 24 heavy (non-hydrogen) atoms. The van der Waals surface area contributed by atoms with Gasteiger partial charge in [0, 0.05) is 0 Å². The van der Waals surface area contributed by atoms with Crippen LogP contribution in [0.15, 0.2) is 41.0 Å². The van der Waals surface area contributed by atoms with Crippen LogP contribution in [-0.2, 0) is 6.54 Å². The van der Waals surface area contributed by atoms with E-state index in [-0.39, 0.29) is 30.9 Å². The number of benzene rings is 1. The van der Waals surface area contributed by atoms with Crippen LogP contribution in [0, 0.1) is 5.92 Å². The fraction of sp³-hybridized carbons (Fsp3) is 0.389. The maximum absolute atomic E-state index is 12.2. The van der Waals surface area contributed by atoms with E-state index < -0.39 is 0 Å². The fourth-order valence-corrected chi connectivity index (χ4v) is 2.09. The van der Waals surface area contributed by atoms with E-state index >= 15 is 0 Å². The smallest absolute Gasteiger partial charge is 0.255 e. The molecule has 1 aromatic heterocycles. The first-order valence-electron chi connectivity index (χ1n) is 7.80. The lowest BCUT2D eigenvalue weighted by Gasteiger charge is -2.15. The third kappa shape index (κ3) is 5.58. The van der Waals surface area contributed by atoms with Crippen molar-refractivity contribution in [3.05, 3.63) is 53.5 Å². The molecule has 2 rings (SSSR count). The highest BCUT2D eigenvalue weighted by Crippen LogP contribution is 2.19. The Labute approximate surface area is 149 Å². The van der Waals surface area contributed by atoms with Crippen molar-refractivity contribution in [1.29, 1.82) is 0 Å². The van der Waals surface area contributed by atoms with Crippen molar-refractivity contribution in [3.8, 4) is 5.75 Å². The fourth-order valence-electron chi connectivity index (χ4n) is 2.09. The van der Waals surface area contributed by atoms with Crippen LogP contribution in [0.4, 0.5) is 0 Å². The summed E-state index contributed by atoms with van der Waals surface area (Å²) >= 11 is 0. The molecule has 1 unspecified atom stereocenters. The molecule has 132 valence electrons. The van der Waals surface area contributed by atoms with Crippen LogP contribution in [0.3, 0.4) is 0 Å². The van der Waals surface area contributed by atoms with Crippen LogP contribution in [0.25, 0.3) is 0 Å². The van der Waals surface area contributed by atoms with Gasteiger partial charge in [-0.25, -0.2) is 0 Å². The Morgan fingerprint density at radius 2 is 1.92 bits per heavy atom. The van der Waals surface area contributed by atoms with Crippen LogP contribution in [-0.4, -0.2) is 12.5 Å². The number of nitrogens with one attached hydrogen (secondary N) is 1.